The topological polar surface area (TPSA) is 61.9 Å². The monoisotopic (exact) mass is 411 g/mol. The standard InChI is InChI=1S/C19H23F2N3O3S/c1-27-19-5-3-2-4-18(19)24-12-10-23(11-13-24)9-8-22-28(25,26)15-6-7-16(20)17(21)14-15/h2-7,14,22H,8-13H2,1H3. The highest BCUT2D eigenvalue weighted by atomic mass is 32.2. The van der Waals surface area contributed by atoms with Gasteiger partial charge in [-0.05, 0) is 30.3 Å². The van der Waals surface area contributed by atoms with Crippen LogP contribution in [0.5, 0.6) is 5.75 Å². The summed E-state index contributed by atoms with van der Waals surface area (Å²) in [7, 11) is -2.23. The first-order valence-electron chi connectivity index (χ1n) is 8.96. The zero-order valence-corrected chi connectivity index (χ0v) is 16.4. The first-order valence-corrected chi connectivity index (χ1v) is 10.4. The lowest BCUT2D eigenvalue weighted by molar-refractivity contribution is 0.261. The van der Waals surface area contributed by atoms with Crippen molar-refractivity contribution in [3.8, 4) is 5.75 Å². The molecular weight excluding hydrogens is 388 g/mol. The molecule has 1 aliphatic rings. The molecule has 1 heterocycles. The quantitative estimate of drug-likeness (QED) is 0.756. The number of anilines is 1. The lowest BCUT2D eigenvalue weighted by Gasteiger charge is -2.36. The van der Waals surface area contributed by atoms with Crippen molar-refractivity contribution >= 4 is 15.7 Å². The second kappa shape index (κ2) is 8.85. The van der Waals surface area contributed by atoms with Gasteiger partial charge in [-0.1, -0.05) is 12.1 Å². The van der Waals surface area contributed by atoms with E-state index in [9.17, 15) is 17.2 Å². The van der Waals surface area contributed by atoms with E-state index in [-0.39, 0.29) is 11.4 Å². The van der Waals surface area contributed by atoms with E-state index in [1.165, 1.54) is 0 Å². The van der Waals surface area contributed by atoms with Gasteiger partial charge in [-0.15, -0.1) is 0 Å². The molecule has 0 radical (unpaired) electrons. The zero-order valence-electron chi connectivity index (χ0n) is 15.6. The summed E-state index contributed by atoms with van der Waals surface area (Å²) >= 11 is 0. The summed E-state index contributed by atoms with van der Waals surface area (Å²) in [5.74, 6) is -1.43. The van der Waals surface area contributed by atoms with Crippen molar-refractivity contribution in [3.05, 3.63) is 54.1 Å². The van der Waals surface area contributed by atoms with Gasteiger partial charge in [-0.3, -0.25) is 4.90 Å². The average Bonchev–Trinajstić information content (AvgIpc) is 2.70. The summed E-state index contributed by atoms with van der Waals surface area (Å²) in [6, 6.07) is 10.4. The highest BCUT2D eigenvalue weighted by Gasteiger charge is 2.21. The van der Waals surface area contributed by atoms with E-state index in [2.05, 4.69) is 14.5 Å². The number of methoxy groups -OCH3 is 1. The fourth-order valence-electron chi connectivity index (χ4n) is 3.17. The highest BCUT2D eigenvalue weighted by molar-refractivity contribution is 7.89. The Morgan fingerprint density at radius 1 is 1.04 bits per heavy atom. The van der Waals surface area contributed by atoms with Crippen molar-refractivity contribution in [2.45, 2.75) is 4.90 Å². The van der Waals surface area contributed by atoms with Crippen LogP contribution in [0, 0.1) is 11.6 Å². The van der Waals surface area contributed by atoms with Crippen molar-refractivity contribution in [3.63, 3.8) is 0 Å². The predicted molar refractivity (Wildman–Crippen MR) is 103 cm³/mol. The molecule has 0 bridgehead atoms. The summed E-state index contributed by atoms with van der Waals surface area (Å²) in [5, 5.41) is 0. The number of ether oxygens (including phenoxy) is 1. The molecule has 1 saturated heterocycles. The third-order valence-corrected chi connectivity index (χ3v) is 6.18. The summed E-state index contributed by atoms with van der Waals surface area (Å²) in [4.78, 5) is 4.10. The molecule has 9 heteroatoms. The lowest BCUT2D eigenvalue weighted by atomic mass is 10.2. The van der Waals surface area contributed by atoms with E-state index in [0.29, 0.717) is 12.6 Å². The zero-order chi connectivity index (χ0) is 20.1. The normalized spacial score (nSPS) is 15.6. The van der Waals surface area contributed by atoms with Crippen LogP contribution in [0.25, 0.3) is 0 Å². The van der Waals surface area contributed by atoms with Gasteiger partial charge >= 0.3 is 0 Å². The summed E-state index contributed by atoms with van der Waals surface area (Å²) in [6.07, 6.45) is 0. The van der Waals surface area contributed by atoms with Gasteiger partial charge in [0.1, 0.15) is 5.75 Å². The largest absolute Gasteiger partial charge is 0.495 e. The Hall–Kier alpha value is -2.23. The minimum atomic E-state index is -3.87. The van der Waals surface area contributed by atoms with Crippen LogP contribution in [-0.4, -0.2) is 59.7 Å². The number of piperazine rings is 1. The number of hydrogen-bond donors (Lipinski definition) is 1. The molecule has 0 aromatic heterocycles. The van der Waals surface area contributed by atoms with Gasteiger partial charge < -0.3 is 9.64 Å². The number of para-hydroxylation sites is 2. The Balaban J connectivity index is 1.49. The molecule has 3 rings (SSSR count). The number of benzene rings is 2. The number of rotatable bonds is 7. The van der Waals surface area contributed by atoms with Crippen molar-refractivity contribution in [2.24, 2.45) is 0 Å². The molecule has 1 aliphatic heterocycles. The summed E-state index contributed by atoms with van der Waals surface area (Å²) in [6.45, 7) is 3.89. The minimum Gasteiger partial charge on any atom is -0.495 e. The van der Waals surface area contributed by atoms with Crippen LogP contribution in [0.3, 0.4) is 0 Å². The molecule has 1 N–H and O–H groups in total. The molecule has 0 aliphatic carbocycles. The lowest BCUT2D eigenvalue weighted by Crippen LogP contribution is -2.48. The molecule has 152 valence electrons. The van der Waals surface area contributed by atoms with Crippen molar-refractivity contribution in [1.82, 2.24) is 9.62 Å². The number of hydrogen-bond acceptors (Lipinski definition) is 5. The molecular formula is C19H23F2N3O3S. The Morgan fingerprint density at radius 2 is 1.75 bits per heavy atom. The van der Waals surface area contributed by atoms with Crippen LogP contribution < -0.4 is 14.4 Å². The number of nitrogens with one attached hydrogen (secondary N) is 1. The molecule has 0 atom stereocenters. The first-order chi connectivity index (χ1) is 13.4. The first kappa shape index (κ1) is 20.5. The molecule has 0 amide bonds. The maximum Gasteiger partial charge on any atom is 0.240 e. The smallest absolute Gasteiger partial charge is 0.240 e. The van der Waals surface area contributed by atoms with Crippen LogP contribution >= 0.6 is 0 Å². The van der Waals surface area contributed by atoms with E-state index in [1.807, 2.05) is 24.3 Å². The molecule has 0 unspecified atom stereocenters. The Labute approximate surface area is 163 Å². The van der Waals surface area contributed by atoms with Gasteiger partial charge in [0.2, 0.25) is 10.0 Å². The second-order valence-electron chi connectivity index (χ2n) is 6.47. The van der Waals surface area contributed by atoms with Crippen molar-refractivity contribution < 1.29 is 21.9 Å². The average molecular weight is 411 g/mol. The van der Waals surface area contributed by atoms with E-state index in [1.54, 1.807) is 7.11 Å². The van der Waals surface area contributed by atoms with E-state index < -0.39 is 21.7 Å². The molecule has 0 spiro atoms. The van der Waals surface area contributed by atoms with Crippen molar-refractivity contribution in [2.75, 3.05) is 51.3 Å². The predicted octanol–water partition coefficient (Wildman–Crippen LogP) is 2.07. The third-order valence-electron chi connectivity index (χ3n) is 4.72. The third kappa shape index (κ3) is 4.78. The Morgan fingerprint density at radius 3 is 2.43 bits per heavy atom. The molecule has 1 fully saturated rings. The van der Waals surface area contributed by atoms with Crippen LogP contribution in [0.1, 0.15) is 0 Å². The fourth-order valence-corrected chi connectivity index (χ4v) is 4.20. The van der Waals surface area contributed by atoms with Crippen LogP contribution in [0.2, 0.25) is 0 Å². The molecule has 2 aromatic carbocycles. The summed E-state index contributed by atoms with van der Waals surface area (Å²) < 4.78 is 58.5. The van der Waals surface area contributed by atoms with Gasteiger partial charge in [0.25, 0.3) is 0 Å². The number of nitrogens with zero attached hydrogens (tertiary/aromatic N) is 2. The molecule has 28 heavy (non-hydrogen) atoms. The fraction of sp³-hybridized carbons (Fsp3) is 0.368. The maximum absolute atomic E-state index is 13.3. The van der Waals surface area contributed by atoms with Gasteiger partial charge in [0.15, 0.2) is 11.6 Å². The van der Waals surface area contributed by atoms with Gasteiger partial charge in [0, 0.05) is 39.3 Å². The minimum absolute atomic E-state index is 0.190. The SMILES string of the molecule is COc1ccccc1N1CCN(CCNS(=O)(=O)c2ccc(F)c(F)c2)CC1. The summed E-state index contributed by atoms with van der Waals surface area (Å²) in [5.41, 5.74) is 1.05. The van der Waals surface area contributed by atoms with E-state index in [0.717, 1.165) is 49.7 Å². The Kier molecular flexibility index (Phi) is 6.48. The Bertz CT molecular complexity index is 916. The van der Waals surface area contributed by atoms with Crippen LogP contribution in [0.4, 0.5) is 14.5 Å². The molecule has 0 saturated carbocycles. The second-order valence-corrected chi connectivity index (χ2v) is 8.24. The van der Waals surface area contributed by atoms with E-state index in [4.69, 9.17) is 4.74 Å². The van der Waals surface area contributed by atoms with E-state index >= 15 is 0 Å². The maximum atomic E-state index is 13.3. The number of sulfonamides is 1. The van der Waals surface area contributed by atoms with Gasteiger partial charge in [-0.2, -0.15) is 0 Å². The molecule has 6 nitrogen and oxygen atoms in total. The number of halogens is 2. The van der Waals surface area contributed by atoms with Crippen LogP contribution in [0.15, 0.2) is 47.4 Å². The molecule has 2 aromatic rings. The van der Waals surface area contributed by atoms with Gasteiger partial charge in [-0.25, -0.2) is 21.9 Å². The van der Waals surface area contributed by atoms with Crippen LogP contribution in [-0.2, 0) is 10.0 Å². The van der Waals surface area contributed by atoms with Crippen molar-refractivity contribution in [1.29, 1.82) is 0 Å². The van der Waals surface area contributed by atoms with Gasteiger partial charge in [0.05, 0.1) is 17.7 Å². The highest BCUT2D eigenvalue weighted by Crippen LogP contribution is 2.28.